The normalized spacial score (nSPS) is 12.5. The number of rotatable bonds is 3. The third kappa shape index (κ3) is 2.35. The lowest BCUT2D eigenvalue weighted by Gasteiger charge is -2.07. The summed E-state index contributed by atoms with van der Waals surface area (Å²) in [6, 6.07) is 7.62. The highest BCUT2D eigenvalue weighted by Crippen LogP contribution is 2.20. The Balaban J connectivity index is 2.80. The molecule has 1 aromatic rings. The molecule has 64 valence electrons. The van der Waals surface area contributed by atoms with Crippen LogP contribution < -0.4 is 0 Å². The van der Waals surface area contributed by atoms with Crippen molar-refractivity contribution in [1.29, 1.82) is 0 Å². The van der Waals surface area contributed by atoms with Gasteiger partial charge in [0.1, 0.15) is 6.29 Å². The van der Waals surface area contributed by atoms with Gasteiger partial charge in [0, 0.05) is 11.4 Å². The van der Waals surface area contributed by atoms with E-state index in [1.54, 1.807) is 0 Å². The molecular weight excluding hydrogens is 172 g/mol. The summed E-state index contributed by atoms with van der Waals surface area (Å²) in [5.41, 5.74) is 1.12. The predicted molar refractivity (Wildman–Crippen MR) is 50.5 cm³/mol. The molecule has 0 aliphatic rings. The maximum absolute atomic E-state index is 10.2. The van der Waals surface area contributed by atoms with E-state index in [9.17, 15) is 4.79 Å². The standard InChI is InChI=1S/C10H11ClO/c1-8(5-6-12)9-3-2-4-10(11)7-9/h2-4,6-8H,5H2,1H3/t8-/m0/s1. The average Bonchev–Trinajstić information content (AvgIpc) is 2.05. The van der Waals surface area contributed by atoms with Crippen LogP contribution in [0.5, 0.6) is 0 Å². The highest BCUT2D eigenvalue weighted by molar-refractivity contribution is 6.30. The van der Waals surface area contributed by atoms with Gasteiger partial charge in [-0.3, -0.25) is 0 Å². The number of aldehydes is 1. The largest absolute Gasteiger partial charge is 0.303 e. The molecule has 1 atom stereocenters. The molecule has 0 saturated heterocycles. The second-order valence-electron chi connectivity index (χ2n) is 2.86. The smallest absolute Gasteiger partial charge is 0.120 e. The van der Waals surface area contributed by atoms with Gasteiger partial charge in [0.05, 0.1) is 0 Å². The fourth-order valence-electron chi connectivity index (χ4n) is 1.09. The van der Waals surface area contributed by atoms with Gasteiger partial charge in [-0.25, -0.2) is 0 Å². The van der Waals surface area contributed by atoms with Crippen LogP contribution in [0.25, 0.3) is 0 Å². The Morgan fingerprint density at radius 1 is 1.58 bits per heavy atom. The Morgan fingerprint density at radius 3 is 2.92 bits per heavy atom. The van der Waals surface area contributed by atoms with Crippen LogP contribution in [0.2, 0.25) is 5.02 Å². The molecule has 1 rings (SSSR count). The van der Waals surface area contributed by atoms with E-state index in [0.717, 1.165) is 16.9 Å². The minimum atomic E-state index is 0.265. The van der Waals surface area contributed by atoms with E-state index in [0.29, 0.717) is 6.42 Å². The number of hydrogen-bond donors (Lipinski definition) is 0. The van der Waals surface area contributed by atoms with Crippen LogP contribution in [0.4, 0.5) is 0 Å². The molecular formula is C10H11ClO. The van der Waals surface area contributed by atoms with E-state index in [1.165, 1.54) is 0 Å². The van der Waals surface area contributed by atoms with E-state index in [2.05, 4.69) is 0 Å². The SMILES string of the molecule is C[C@@H](CC=O)c1cccc(Cl)c1. The lowest BCUT2D eigenvalue weighted by molar-refractivity contribution is -0.108. The molecule has 0 amide bonds. The van der Waals surface area contributed by atoms with Gasteiger partial charge in [-0.15, -0.1) is 0 Å². The molecule has 0 radical (unpaired) electrons. The van der Waals surface area contributed by atoms with Crippen LogP contribution in [-0.2, 0) is 4.79 Å². The van der Waals surface area contributed by atoms with E-state index in [-0.39, 0.29) is 5.92 Å². The maximum atomic E-state index is 10.2. The molecule has 0 aliphatic heterocycles. The van der Waals surface area contributed by atoms with Gasteiger partial charge in [-0.05, 0) is 23.6 Å². The molecule has 2 heteroatoms. The van der Waals surface area contributed by atoms with E-state index in [4.69, 9.17) is 11.6 Å². The predicted octanol–water partition coefficient (Wildman–Crippen LogP) is 3.03. The zero-order chi connectivity index (χ0) is 8.97. The fraction of sp³-hybridized carbons (Fsp3) is 0.300. The van der Waals surface area contributed by atoms with Crippen molar-refractivity contribution in [3.63, 3.8) is 0 Å². The molecule has 1 nitrogen and oxygen atoms in total. The van der Waals surface area contributed by atoms with Crippen molar-refractivity contribution >= 4 is 17.9 Å². The Hall–Kier alpha value is -0.820. The summed E-state index contributed by atoms with van der Waals surface area (Å²) in [6.45, 7) is 2.01. The molecule has 0 bridgehead atoms. The van der Waals surface area contributed by atoms with Crippen LogP contribution in [0.3, 0.4) is 0 Å². The van der Waals surface area contributed by atoms with Crippen LogP contribution in [0.1, 0.15) is 24.8 Å². The Bertz CT molecular complexity index is 270. The second-order valence-corrected chi connectivity index (χ2v) is 3.29. The summed E-state index contributed by atoms with van der Waals surface area (Å²) in [5.74, 6) is 0.265. The minimum Gasteiger partial charge on any atom is -0.303 e. The van der Waals surface area contributed by atoms with Crippen molar-refractivity contribution < 1.29 is 4.79 Å². The van der Waals surface area contributed by atoms with E-state index >= 15 is 0 Å². The molecule has 0 aromatic heterocycles. The van der Waals surface area contributed by atoms with Crippen molar-refractivity contribution in [2.24, 2.45) is 0 Å². The second kappa shape index (κ2) is 4.27. The fourth-order valence-corrected chi connectivity index (χ4v) is 1.29. The van der Waals surface area contributed by atoms with E-state index in [1.807, 2.05) is 31.2 Å². The van der Waals surface area contributed by atoms with Gasteiger partial charge in [-0.1, -0.05) is 30.7 Å². The number of carbonyl (C=O) groups excluding carboxylic acids is 1. The van der Waals surface area contributed by atoms with Gasteiger partial charge in [0.15, 0.2) is 0 Å². The van der Waals surface area contributed by atoms with Crippen LogP contribution in [0.15, 0.2) is 24.3 Å². The first-order chi connectivity index (χ1) is 5.74. The molecule has 12 heavy (non-hydrogen) atoms. The zero-order valence-corrected chi connectivity index (χ0v) is 7.71. The van der Waals surface area contributed by atoms with Gasteiger partial charge in [0.2, 0.25) is 0 Å². The van der Waals surface area contributed by atoms with Crippen molar-refractivity contribution in [1.82, 2.24) is 0 Å². The molecule has 0 spiro atoms. The van der Waals surface area contributed by atoms with Crippen LogP contribution in [0, 0.1) is 0 Å². The summed E-state index contributed by atoms with van der Waals surface area (Å²) in [4.78, 5) is 10.2. The van der Waals surface area contributed by atoms with Gasteiger partial charge in [0.25, 0.3) is 0 Å². The van der Waals surface area contributed by atoms with Crippen molar-refractivity contribution in [3.8, 4) is 0 Å². The number of benzene rings is 1. The topological polar surface area (TPSA) is 17.1 Å². The van der Waals surface area contributed by atoms with Gasteiger partial charge in [-0.2, -0.15) is 0 Å². The highest BCUT2D eigenvalue weighted by atomic mass is 35.5. The summed E-state index contributed by atoms with van der Waals surface area (Å²) >= 11 is 5.80. The first kappa shape index (κ1) is 9.27. The van der Waals surface area contributed by atoms with Crippen molar-refractivity contribution in [2.45, 2.75) is 19.3 Å². The molecule has 0 aliphatic carbocycles. The molecule has 1 aromatic carbocycles. The number of hydrogen-bond acceptors (Lipinski definition) is 1. The van der Waals surface area contributed by atoms with Crippen LogP contribution >= 0.6 is 11.6 Å². The summed E-state index contributed by atoms with van der Waals surface area (Å²) in [7, 11) is 0. The third-order valence-corrected chi connectivity index (χ3v) is 2.10. The first-order valence-electron chi connectivity index (χ1n) is 3.93. The molecule has 0 N–H and O–H groups in total. The monoisotopic (exact) mass is 182 g/mol. The Kier molecular flexibility index (Phi) is 3.30. The molecule has 0 unspecified atom stereocenters. The Morgan fingerprint density at radius 2 is 2.33 bits per heavy atom. The van der Waals surface area contributed by atoms with E-state index < -0.39 is 0 Å². The Labute approximate surface area is 77.4 Å². The molecule has 0 fully saturated rings. The summed E-state index contributed by atoms with van der Waals surface area (Å²) < 4.78 is 0. The van der Waals surface area contributed by atoms with Gasteiger partial charge < -0.3 is 4.79 Å². The first-order valence-corrected chi connectivity index (χ1v) is 4.31. The quantitative estimate of drug-likeness (QED) is 0.657. The molecule has 0 heterocycles. The summed E-state index contributed by atoms with van der Waals surface area (Å²) in [6.07, 6.45) is 1.49. The zero-order valence-electron chi connectivity index (χ0n) is 6.96. The van der Waals surface area contributed by atoms with Crippen molar-refractivity contribution in [2.75, 3.05) is 0 Å². The maximum Gasteiger partial charge on any atom is 0.120 e. The highest BCUT2D eigenvalue weighted by Gasteiger charge is 2.03. The lowest BCUT2D eigenvalue weighted by Crippen LogP contribution is -1.93. The third-order valence-electron chi connectivity index (χ3n) is 1.87. The minimum absolute atomic E-state index is 0.265. The molecule has 0 saturated carbocycles. The average molecular weight is 183 g/mol. The number of carbonyl (C=O) groups is 1. The van der Waals surface area contributed by atoms with Gasteiger partial charge >= 0.3 is 0 Å². The summed E-state index contributed by atoms with van der Waals surface area (Å²) in [5, 5.41) is 0.727. The number of halogens is 1. The van der Waals surface area contributed by atoms with Crippen molar-refractivity contribution in [3.05, 3.63) is 34.9 Å². The van der Waals surface area contributed by atoms with Crippen LogP contribution in [-0.4, -0.2) is 6.29 Å². The lowest BCUT2D eigenvalue weighted by atomic mass is 9.99.